The molecule has 0 radical (unpaired) electrons. The fraction of sp³-hybridized carbons (Fsp3) is 0.286. The van der Waals surface area contributed by atoms with Crippen LogP contribution in [-0.4, -0.2) is 15.0 Å². The summed E-state index contributed by atoms with van der Waals surface area (Å²) < 4.78 is 24.7. The highest BCUT2D eigenvalue weighted by molar-refractivity contribution is 5.58. The fourth-order valence-corrected chi connectivity index (χ4v) is 1.10. The Kier molecular flexibility index (Phi) is 3.10. The molecule has 0 fully saturated rings. The maximum atomic E-state index is 12.3. The maximum absolute atomic E-state index is 12.3. The molecule has 1 aromatic rings. The van der Waals surface area contributed by atoms with E-state index in [4.69, 9.17) is 10.8 Å². The second-order valence-corrected chi connectivity index (χ2v) is 2.64. The van der Waals surface area contributed by atoms with Gasteiger partial charge in [0.1, 0.15) is 0 Å². The van der Waals surface area contributed by atoms with Gasteiger partial charge < -0.3 is 10.8 Å². The van der Waals surface area contributed by atoms with E-state index in [0.717, 1.165) is 6.20 Å². The zero-order chi connectivity index (χ0) is 11.6. The summed E-state index contributed by atoms with van der Waals surface area (Å²) in [6, 6.07) is 0. The molecular formula is C7H7F2N3O3. The number of nitro groups is 1. The Bertz CT molecular complexity index is 397. The number of pyridine rings is 1. The van der Waals surface area contributed by atoms with E-state index in [1.807, 2.05) is 0 Å². The van der Waals surface area contributed by atoms with E-state index in [1.54, 1.807) is 0 Å². The number of aliphatic hydroxyl groups excluding tert-OH is 1. The van der Waals surface area contributed by atoms with Gasteiger partial charge in [-0.25, -0.2) is 13.8 Å². The van der Waals surface area contributed by atoms with Crippen molar-refractivity contribution in [2.75, 3.05) is 5.73 Å². The smallest absolute Gasteiger partial charge is 0.304 e. The monoisotopic (exact) mass is 219 g/mol. The summed E-state index contributed by atoms with van der Waals surface area (Å²) in [5, 5.41) is 19.3. The van der Waals surface area contributed by atoms with E-state index >= 15 is 0 Å². The van der Waals surface area contributed by atoms with Crippen LogP contribution in [0.1, 0.15) is 17.7 Å². The van der Waals surface area contributed by atoms with Crippen LogP contribution in [0.25, 0.3) is 0 Å². The van der Waals surface area contributed by atoms with Crippen LogP contribution in [0.2, 0.25) is 0 Å². The molecule has 0 amide bonds. The molecule has 0 spiro atoms. The summed E-state index contributed by atoms with van der Waals surface area (Å²) in [6.45, 7) is -0.787. The Balaban J connectivity index is 3.49. The number of nitrogen functional groups attached to an aromatic ring is 1. The molecule has 15 heavy (non-hydrogen) atoms. The van der Waals surface area contributed by atoms with Crippen molar-refractivity contribution in [3.8, 4) is 0 Å². The standard InChI is InChI=1S/C7H7F2N3O3/c8-7(9)5-6(12(14)15)3(2-13)4(10)1-11-5/h1,7,13H,2,10H2. The quantitative estimate of drug-likeness (QED) is 0.583. The lowest BCUT2D eigenvalue weighted by atomic mass is 10.1. The average molecular weight is 219 g/mol. The molecule has 1 rings (SSSR count). The Morgan fingerprint density at radius 2 is 2.27 bits per heavy atom. The largest absolute Gasteiger partial charge is 0.397 e. The zero-order valence-electron chi connectivity index (χ0n) is 7.35. The minimum absolute atomic E-state index is 0.186. The fourth-order valence-electron chi connectivity index (χ4n) is 1.10. The maximum Gasteiger partial charge on any atom is 0.304 e. The van der Waals surface area contributed by atoms with Gasteiger partial charge in [-0.2, -0.15) is 0 Å². The number of rotatable bonds is 3. The Labute approximate surface area is 82.5 Å². The van der Waals surface area contributed by atoms with Crippen molar-refractivity contribution in [1.29, 1.82) is 0 Å². The van der Waals surface area contributed by atoms with Gasteiger partial charge in [-0.05, 0) is 0 Å². The van der Waals surface area contributed by atoms with Crippen LogP contribution >= 0.6 is 0 Å². The lowest BCUT2D eigenvalue weighted by molar-refractivity contribution is -0.387. The van der Waals surface area contributed by atoms with Gasteiger partial charge >= 0.3 is 5.69 Å². The summed E-state index contributed by atoms with van der Waals surface area (Å²) >= 11 is 0. The molecule has 0 saturated carbocycles. The first-order valence-electron chi connectivity index (χ1n) is 3.79. The zero-order valence-corrected chi connectivity index (χ0v) is 7.35. The summed E-state index contributed by atoms with van der Waals surface area (Å²) in [6.07, 6.45) is -2.23. The number of aromatic nitrogens is 1. The Morgan fingerprint density at radius 3 is 2.67 bits per heavy atom. The molecule has 82 valence electrons. The van der Waals surface area contributed by atoms with Crippen LogP contribution in [0.3, 0.4) is 0 Å². The van der Waals surface area contributed by atoms with Crippen molar-refractivity contribution in [3.05, 3.63) is 27.6 Å². The molecule has 0 unspecified atom stereocenters. The van der Waals surface area contributed by atoms with Crippen LogP contribution in [0.4, 0.5) is 20.2 Å². The molecule has 0 saturated heterocycles. The Hall–Kier alpha value is -1.83. The first kappa shape index (κ1) is 11.2. The number of halogens is 2. The number of nitrogens with two attached hydrogens (primary N) is 1. The number of aliphatic hydroxyl groups is 1. The topological polar surface area (TPSA) is 102 Å². The van der Waals surface area contributed by atoms with Crippen LogP contribution in [0.5, 0.6) is 0 Å². The van der Waals surface area contributed by atoms with Crippen LogP contribution in [0.15, 0.2) is 6.20 Å². The molecule has 0 aliphatic rings. The third kappa shape index (κ3) is 1.99. The van der Waals surface area contributed by atoms with Gasteiger partial charge in [0.05, 0.1) is 29.0 Å². The molecule has 0 aliphatic heterocycles. The minimum atomic E-state index is -3.09. The van der Waals surface area contributed by atoms with Gasteiger partial charge in [0.25, 0.3) is 6.43 Å². The summed E-state index contributed by atoms with van der Waals surface area (Å²) in [4.78, 5) is 12.7. The van der Waals surface area contributed by atoms with Gasteiger partial charge in [0, 0.05) is 0 Å². The van der Waals surface area contributed by atoms with Crippen LogP contribution in [0, 0.1) is 10.1 Å². The first-order valence-corrected chi connectivity index (χ1v) is 3.79. The molecular weight excluding hydrogens is 212 g/mol. The second-order valence-electron chi connectivity index (χ2n) is 2.64. The number of hydrogen-bond donors (Lipinski definition) is 2. The first-order chi connectivity index (χ1) is 6.99. The molecule has 0 bridgehead atoms. The minimum Gasteiger partial charge on any atom is -0.397 e. The molecule has 0 aliphatic carbocycles. The Morgan fingerprint density at radius 1 is 1.67 bits per heavy atom. The van der Waals surface area contributed by atoms with E-state index in [1.165, 1.54) is 0 Å². The molecule has 8 heteroatoms. The van der Waals surface area contributed by atoms with Gasteiger partial charge in [-0.1, -0.05) is 0 Å². The second kappa shape index (κ2) is 4.13. The van der Waals surface area contributed by atoms with Crippen molar-refractivity contribution in [1.82, 2.24) is 4.98 Å². The molecule has 0 atom stereocenters. The average Bonchev–Trinajstić information content (AvgIpc) is 2.16. The SMILES string of the molecule is Nc1cnc(C(F)F)c([N+](=O)[O-])c1CO. The van der Waals surface area contributed by atoms with Gasteiger partial charge in [-0.15, -0.1) is 0 Å². The normalized spacial score (nSPS) is 10.7. The molecule has 3 N–H and O–H groups in total. The lowest BCUT2D eigenvalue weighted by Crippen LogP contribution is -2.07. The third-order valence-electron chi connectivity index (χ3n) is 1.77. The highest BCUT2D eigenvalue weighted by atomic mass is 19.3. The number of anilines is 1. The van der Waals surface area contributed by atoms with Gasteiger partial charge in [0.2, 0.25) is 0 Å². The molecule has 1 heterocycles. The van der Waals surface area contributed by atoms with E-state index in [-0.39, 0.29) is 11.3 Å². The predicted molar refractivity (Wildman–Crippen MR) is 46.2 cm³/mol. The highest BCUT2D eigenvalue weighted by Crippen LogP contribution is 2.32. The molecule has 6 nitrogen and oxygen atoms in total. The van der Waals surface area contributed by atoms with Crippen LogP contribution < -0.4 is 5.73 Å². The summed E-state index contributed by atoms with van der Waals surface area (Å²) in [5.74, 6) is 0. The lowest BCUT2D eigenvalue weighted by Gasteiger charge is -2.06. The highest BCUT2D eigenvalue weighted by Gasteiger charge is 2.28. The third-order valence-corrected chi connectivity index (χ3v) is 1.77. The van der Waals surface area contributed by atoms with E-state index in [0.29, 0.717) is 0 Å². The molecule has 0 aromatic carbocycles. The summed E-state index contributed by atoms with van der Waals surface area (Å²) in [7, 11) is 0. The van der Waals surface area contributed by atoms with Crippen molar-refractivity contribution in [3.63, 3.8) is 0 Å². The molecule has 1 aromatic heterocycles. The van der Waals surface area contributed by atoms with Gasteiger partial charge in [-0.3, -0.25) is 10.1 Å². The van der Waals surface area contributed by atoms with E-state index in [2.05, 4.69) is 4.98 Å². The summed E-state index contributed by atoms with van der Waals surface area (Å²) in [5.41, 5.74) is 2.83. The van der Waals surface area contributed by atoms with Crippen molar-refractivity contribution >= 4 is 11.4 Å². The van der Waals surface area contributed by atoms with E-state index < -0.39 is 29.3 Å². The van der Waals surface area contributed by atoms with Crippen molar-refractivity contribution < 1.29 is 18.8 Å². The van der Waals surface area contributed by atoms with Crippen molar-refractivity contribution in [2.24, 2.45) is 0 Å². The predicted octanol–water partition coefficient (Wildman–Crippen LogP) is 1.00. The number of alkyl halides is 2. The van der Waals surface area contributed by atoms with Crippen LogP contribution in [-0.2, 0) is 6.61 Å². The number of hydrogen-bond acceptors (Lipinski definition) is 5. The number of nitrogens with zero attached hydrogens (tertiary/aromatic N) is 2. The van der Waals surface area contributed by atoms with E-state index in [9.17, 15) is 18.9 Å². The van der Waals surface area contributed by atoms with Crippen molar-refractivity contribution in [2.45, 2.75) is 13.0 Å². The van der Waals surface area contributed by atoms with Gasteiger partial charge in [0.15, 0.2) is 5.69 Å².